The van der Waals surface area contributed by atoms with Gasteiger partial charge in [0.15, 0.2) is 0 Å². The fourth-order valence-electron chi connectivity index (χ4n) is 3.91. The van der Waals surface area contributed by atoms with Crippen LogP contribution in [0.25, 0.3) is 0 Å². The molecule has 1 atom stereocenters. The third-order valence-corrected chi connectivity index (χ3v) is 5.49. The topological polar surface area (TPSA) is 56.8 Å². The SMILES string of the molecule is O=C(NCCN1CCN(c2ccccc2F)CC1)NC1COc2ccccc2C1. The molecule has 0 aliphatic carbocycles. The number of fused-ring (bicyclic) bond motifs is 1. The second-order valence-corrected chi connectivity index (χ2v) is 7.50. The van der Waals surface area contributed by atoms with Crippen molar-refractivity contribution in [3.05, 3.63) is 59.9 Å². The standard InChI is InChI=1S/C22H27FN4O2/c23-19-6-2-3-7-20(19)27-13-11-26(12-14-27)10-9-24-22(28)25-18-15-17-5-1-4-8-21(17)29-16-18/h1-8,18H,9-16H2,(H2,24,25,28). The molecule has 2 amide bonds. The van der Waals surface area contributed by atoms with Crippen molar-refractivity contribution in [1.29, 1.82) is 0 Å². The van der Waals surface area contributed by atoms with E-state index in [9.17, 15) is 9.18 Å². The van der Waals surface area contributed by atoms with E-state index < -0.39 is 0 Å². The molecule has 0 radical (unpaired) electrons. The van der Waals surface area contributed by atoms with E-state index in [-0.39, 0.29) is 17.9 Å². The van der Waals surface area contributed by atoms with E-state index in [0.717, 1.165) is 50.5 Å². The highest BCUT2D eigenvalue weighted by Gasteiger charge is 2.22. The maximum absolute atomic E-state index is 13.9. The number of para-hydroxylation sites is 2. The number of piperazine rings is 1. The van der Waals surface area contributed by atoms with Gasteiger partial charge in [0.2, 0.25) is 0 Å². The van der Waals surface area contributed by atoms with E-state index >= 15 is 0 Å². The minimum Gasteiger partial charge on any atom is -0.491 e. The van der Waals surface area contributed by atoms with Crippen LogP contribution in [-0.4, -0.2) is 62.8 Å². The Morgan fingerprint density at radius 1 is 1.07 bits per heavy atom. The van der Waals surface area contributed by atoms with Gasteiger partial charge in [0, 0.05) is 39.3 Å². The predicted molar refractivity (Wildman–Crippen MR) is 111 cm³/mol. The smallest absolute Gasteiger partial charge is 0.315 e. The summed E-state index contributed by atoms with van der Waals surface area (Å²) < 4.78 is 19.6. The van der Waals surface area contributed by atoms with E-state index in [1.165, 1.54) is 6.07 Å². The molecule has 0 saturated carbocycles. The Labute approximate surface area is 170 Å². The monoisotopic (exact) mass is 398 g/mol. The summed E-state index contributed by atoms with van der Waals surface area (Å²) in [5.41, 5.74) is 1.79. The van der Waals surface area contributed by atoms with E-state index in [1.807, 2.05) is 36.4 Å². The maximum atomic E-state index is 13.9. The third-order valence-electron chi connectivity index (χ3n) is 5.49. The van der Waals surface area contributed by atoms with Gasteiger partial charge in [-0.1, -0.05) is 30.3 Å². The van der Waals surface area contributed by atoms with Crippen LogP contribution in [0.3, 0.4) is 0 Å². The molecule has 2 aliphatic heterocycles. The first-order chi connectivity index (χ1) is 14.2. The van der Waals surface area contributed by atoms with E-state index in [1.54, 1.807) is 6.07 Å². The number of nitrogens with one attached hydrogen (secondary N) is 2. The first-order valence-electron chi connectivity index (χ1n) is 10.2. The summed E-state index contributed by atoms with van der Waals surface area (Å²) in [6.45, 7) is 5.12. The van der Waals surface area contributed by atoms with Gasteiger partial charge in [-0.3, -0.25) is 4.90 Å². The van der Waals surface area contributed by atoms with Crippen LogP contribution in [0.5, 0.6) is 5.75 Å². The Hall–Kier alpha value is -2.80. The summed E-state index contributed by atoms with van der Waals surface area (Å²) in [5, 5.41) is 5.92. The van der Waals surface area contributed by atoms with Crippen LogP contribution < -0.4 is 20.3 Å². The maximum Gasteiger partial charge on any atom is 0.315 e. The van der Waals surface area contributed by atoms with Crippen LogP contribution in [-0.2, 0) is 6.42 Å². The molecule has 2 aliphatic rings. The quantitative estimate of drug-likeness (QED) is 0.811. The second-order valence-electron chi connectivity index (χ2n) is 7.50. The van der Waals surface area contributed by atoms with Crippen molar-refractivity contribution in [3.8, 4) is 5.75 Å². The zero-order chi connectivity index (χ0) is 20.1. The lowest BCUT2D eigenvalue weighted by atomic mass is 10.0. The Bertz CT molecular complexity index is 839. The molecule has 0 aromatic heterocycles. The highest BCUT2D eigenvalue weighted by Crippen LogP contribution is 2.23. The predicted octanol–water partition coefficient (Wildman–Crippen LogP) is 2.25. The molecule has 6 nitrogen and oxygen atoms in total. The van der Waals surface area contributed by atoms with Gasteiger partial charge in [-0.15, -0.1) is 0 Å². The molecule has 1 unspecified atom stereocenters. The van der Waals surface area contributed by atoms with Gasteiger partial charge in [-0.25, -0.2) is 9.18 Å². The Morgan fingerprint density at radius 2 is 1.83 bits per heavy atom. The number of carbonyl (C=O) groups excluding carboxylic acids is 1. The highest BCUT2D eigenvalue weighted by molar-refractivity contribution is 5.74. The largest absolute Gasteiger partial charge is 0.491 e. The molecule has 4 rings (SSSR count). The molecular weight excluding hydrogens is 371 g/mol. The minimum atomic E-state index is -0.173. The molecule has 154 valence electrons. The number of amides is 2. The van der Waals surface area contributed by atoms with Crippen molar-refractivity contribution in [3.63, 3.8) is 0 Å². The summed E-state index contributed by atoms with van der Waals surface area (Å²) in [4.78, 5) is 16.6. The number of urea groups is 1. The van der Waals surface area contributed by atoms with Crippen molar-refractivity contribution >= 4 is 11.7 Å². The Balaban J connectivity index is 1.15. The van der Waals surface area contributed by atoms with Gasteiger partial charge < -0.3 is 20.3 Å². The lowest BCUT2D eigenvalue weighted by Crippen LogP contribution is -2.51. The molecule has 7 heteroatoms. The molecule has 2 heterocycles. The number of anilines is 1. The van der Waals surface area contributed by atoms with Crippen LogP contribution in [0.4, 0.5) is 14.9 Å². The zero-order valence-corrected chi connectivity index (χ0v) is 16.4. The molecule has 0 spiro atoms. The molecule has 2 aromatic carbocycles. The fourth-order valence-corrected chi connectivity index (χ4v) is 3.91. The second kappa shape index (κ2) is 9.13. The fraction of sp³-hybridized carbons (Fsp3) is 0.409. The van der Waals surface area contributed by atoms with Crippen molar-refractivity contribution in [2.75, 3.05) is 50.8 Å². The first kappa shape index (κ1) is 19.5. The van der Waals surface area contributed by atoms with Crippen LogP contribution in [0.2, 0.25) is 0 Å². The molecule has 2 aromatic rings. The number of hydrogen-bond donors (Lipinski definition) is 2. The summed E-state index contributed by atoms with van der Waals surface area (Å²) in [7, 11) is 0. The van der Waals surface area contributed by atoms with Crippen molar-refractivity contribution in [1.82, 2.24) is 15.5 Å². The zero-order valence-electron chi connectivity index (χ0n) is 16.4. The summed E-state index contributed by atoms with van der Waals surface area (Å²) in [5.74, 6) is 0.731. The Kier molecular flexibility index (Phi) is 6.14. The van der Waals surface area contributed by atoms with Crippen LogP contribution in [0.1, 0.15) is 5.56 Å². The lowest BCUT2D eigenvalue weighted by molar-refractivity contribution is 0.211. The molecule has 0 bridgehead atoms. The number of nitrogens with zero attached hydrogens (tertiary/aromatic N) is 2. The minimum absolute atomic E-state index is 0.0192. The first-order valence-corrected chi connectivity index (χ1v) is 10.2. The number of ether oxygens (including phenoxy) is 1. The van der Waals surface area contributed by atoms with Crippen LogP contribution in [0, 0.1) is 5.82 Å². The lowest BCUT2D eigenvalue weighted by Gasteiger charge is -2.36. The molecule has 29 heavy (non-hydrogen) atoms. The molecule has 1 saturated heterocycles. The van der Waals surface area contributed by atoms with Crippen molar-refractivity contribution in [2.45, 2.75) is 12.5 Å². The van der Waals surface area contributed by atoms with Gasteiger partial charge in [0.1, 0.15) is 18.2 Å². The molecule has 2 N–H and O–H groups in total. The van der Waals surface area contributed by atoms with Gasteiger partial charge in [-0.05, 0) is 30.2 Å². The van der Waals surface area contributed by atoms with Crippen LogP contribution >= 0.6 is 0 Å². The van der Waals surface area contributed by atoms with Gasteiger partial charge in [0.25, 0.3) is 0 Å². The van der Waals surface area contributed by atoms with Crippen molar-refractivity contribution in [2.24, 2.45) is 0 Å². The van der Waals surface area contributed by atoms with Gasteiger partial charge in [-0.2, -0.15) is 0 Å². The van der Waals surface area contributed by atoms with E-state index in [0.29, 0.717) is 18.8 Å². The van der Waals surface area contributed by atoms with Crippen molar-refractivity contribution < 1.29 is 13.9 Å². The highest BCUT2D eigenvalue weighted by atomic mass is 19.1. The molecule has 1 fully saturated rings. The normalized spacial score (nSPS) is 19.2. The summed E-state index contributed by atoms with van der Waals surface area (Å²) in [6.07, 6.45) is 0.779. The van der Waals surface area contributed by atoms with E-state index in [4.69, 9.17) is 4.74 Å². The third kappa shape index (κ3) is 4.98. The Morgan fingerprint density at radius 3 is 2.66 bits per heavy atom. The number of halogens is 1. The average molecular weight is 398 g/mol. The number of benzene rings is 2. The summed E-state index contributed by atoms with van der Waals surface area (Å²) >= 11 is 0. The number of rotatable bonds is 5. The number of hydrogen-bond acceptors (Lipinski definition) is 4. The molecular formula is C22H27FN4O2. The summed E-state index contributed by atoms with van der Waals surface area (Å²) in [6, 6.07) is 14.6. The van der Waals surface area contributed by atoms with Gasteiger partial charge >= 0.3 is 6.03 Å². The van der Waals surface area contributed by atoms with Crippen LogP contribution in [0.15, 0.2) is 48.5 Å². The van der Waals surface area contributed by atoms with E-state index in [2.05, 4.69) is 20.4 Å². The average Bonchev–Trinajstić information content (AvgIpc) is 2.75. The van der Waals surface area contributed by atoms with Gasteiger partial charge in [0.05, 0.1) is 11.7 Å². The number of carbonyl (C=O) groups is 1.